The molecule has 0 spiro atoms. The molecule has 11 heteroatoms. The minimum atomic E-state index is -4.22. The largest absolute Gasteiger partial charge is 0.401 e. The van der Waals surface area contributed by atoms with Gasteiger partial charge in [0.2, 0.25) is 5.82 Å². The number of alkyl halides is 3. The third-order valence-corrected chi connectivity index (χ3v) is 4.98. The van der Waals surface area contributed by atoms with Gasteiger partial charge in [-0.15, -0.1) is 5.10 Å². The van der Waals surface area contributed by atoms with E-state index in [4.69, 9.17) is 0 Å². The van der Waals surface area contributed by atoms with Crippen LogP contribution in [0.3, 0.4) is 0 Å². The third kappa shape index (κ3) is 4.56. The Labute approximate surface area is 164 Å². The van der Waals surface area contributed by atoms with Gasteiger partial charge in [-0.05, 0) is 37.8 Å². The second-order valence-electron chi connectivity index (χ2n) is 7.09. The second-order valence-corrected chi connectivity index (χ2v) is 7.09. The molecule has 1 aliphatic rings. The van der Waals surface area contributed by atoms with Crippen LogP contribution in [0.15, 0.2) is 37.1 Å². The van der Waals surface area contributed by atoms with Gasteiger partial charge in [-0.25, -0.2) is 14.5 Å². The van der Waals surface area contributed by atoms with Crippen LogP contribution in [-0.4, -0.2) is 54.9 Å². The van der Waals surface area contributed by atoms with Crippen LogP contribution in [0.1, 0.15) is 36.3 Å². The number of imidazole rings is 1. The number of aromatic nitrogens is 5. The summed E-state index contributed by atoms with van der Waals surface area (Å²) in [5.74, 6) is 0.149. The highest BCUT2D eigenvalue weighted by molar-refractivity contribution is 5.91. The number of rotatable bonds is 5. The molecular weight excluding hydrogens is 387 g/mol. The van der Waals surface area contributed by atoms with E-state index < -0.39 is 18.6 Å². The van der Waals surface area contributed by atoms with Crippen molar-refractivity contribution in [3.8, 4) is 5.82 Å². The SMILES string of the molecule is O=C(NC1CCC(NCC(F)(F)F)CC1)c1nc(-n2ccnc2)c2cccn2n1. The number of halogens is 3. The van der Waals surface area contributed by atoms with Crippen molar-refractivity contribution in [2.45, 2.75) is 43.9 Å². The highest BCUT2D eigenvalue weighted by Gasteiger charge is 2.30. The third-order valence-electron chi connectivity index (χ3n) is 4.98. The average Bonchev–Trinajstić information content (AvgIpc) is 3.37. The standard InChI is InChI=1S/C18H20F3N7O/c19-18(20,21)10-23-12-3-5-13(6-4-12)24-17(29)15-25-16(27-9-7-22-11-27)14-2-1-8-28(14)26-15/h1-2,7-9,11-13,23H,3-6,10H2,(H,24,29). The van der Waals surface area contributed by atoms with E-state index in [2.05, 4.69) is 25.7 Å². The molecule has 0 unspecified atom stereocenters. The van der Waals surface area contributed by atoms with E-state index in [0.717, 1.165) is 5.52 Å². The predicted octanol–water partition coefficient (Wildman–Crippen LogP) is 2.11. The number of amides is 1. The fraction of sp³-hybridized carbons (Fsp3) is 0.444. The van der Waals surface area contributed by atoms with Gasteiger partial charge in [0, 0.05) is 30.7 Å². The van der Waals surface area contributed by atoms with Gasteiger partial charge in [-0.1, -0.05) is 0 Å². The summed E-state index contributed by atoms with van der Waals surface area (Å²) in [4.78, 5) is 21.1. The van der Waals surface area contributed by atoms with E-state index in [9.17, 15) is 18.0 Å². The first-order valence-corrected chi connectivity index (χ1v) is 9.34. The second kappa shape index (κ2) is 7.82. The number of nitrogens with one attached hydrogen (secondary N) is 2. The minimum absolute atomic E-state index is 0.0229. The summed E-state index contributed by atoms with van der Waals surface area (Å²) in [6.45, 7) is -0.990. The first kappa shape index (κ1) is 19.4. The molecule has 0 radical (unpaired) electrons. The van der Waals surface area contributed by atoms with E-state index >= 15 is 0 Å². The zero-order chi connectivity index (χ0) is 20.4. The number of hydrogen-bond acceptors (Lipinski definition) is 5. The Hall–Kier alpha value is -2.95. The quantitative estimate of drug-likeness (QED) is 0.676. The van der Waals surface area contributed by atoms with Gasteiger partial charge >= 0.3 is 6.18 Å². The van der Waals surface area contributed by atoms with Gasteiger partial charge < -0.3 is 10.6 Å². The molecule has 3 heterocycles. The molecule has 1 saturated carbocycles. The van der Waals surface area contributed by atoms with Crippen molar-refractivity contribution >= 4 is 11.4 Å². The van der Waals surface area contributed by atoms with Crippen molar-refractivity contribution in [1.29, 1.82) is 0 Å². The maximum Gasteiger partial charge on any atom is 0.401 e. The lowest BCUT2D eigenvalue weighted by Gasteiger charge is -2.29. The highest BCUT2D eigenvalue weighted by atomic mass is 19.4. The van der Waals surface area contributed by atoms with Gasteiger partial charge in [-0.2, -0.15) is 13.2 Å². The Bertz CT molecular complexity index is 975. The topological polar surface area (TPSA) is 89.1 Å². The number of carbonyl (C=O) groups excluding carboxylic acids is 1. The molecule has 4 rings (SSSR count). The Kier molecular flexibility index (Phi) is 5.22. The first-order valence-electron chi connectivity index (χ1n) is 9.34. The van der Waals surface area contributed by atoms with Crippen molar-refractivity contribution < 1.29 is 18.0 Å². The molecule has 29 heavy (non-hydrogen) atoms. The van der Waals surface area contributed by atoms with Crippen molar-refractivity contribution in [3.63, 3.8) is 0 Å². The van der Waals surface area contributed by atoms with Crippen molar-refractivity contribution in [2.24, 2.45) is 0 Å². The molecule has 0 atom stereocenters. The minimum Gasteiger partial charge on any atom is -0.347 e. The summed E-state index contributed by atoms with van der Waals surface area (Å²) in [5, 5.41) is 9.70. The average molecular weight is 407 g/mol. The molecule has 1 fully saturated rings. The molecule has 1 amide bonds. The molecule has 0 bridgehead atoms. The van der Waals surface area contributed by atoms with Gasteiger partial charge in [0.25, 0.3) is 5.91 Å². The highest BCUT2D eigenvalue weighted by Crippen LogP contribution is 2.21. The van der Waals surface area contributed by atoms with Crippen LogP contribution in [0.4, 0.5) is 13.2 Å². The summed E-state index contributed by atoms with van der Waals surface area (Å²) in [6, 6.07) is 3.34. The van der Waals surface area contributed by atoms with Gasteiger partial charge in [0.05, 0.1) is 6.54 Å². The molecule has 2 N–H and O–H groups in total. The van der Waals surface area contributed by atoms with Crippen LogP contribution < -0.4 is 10.6 Å². The zero-order valence-electron chi connectivity index (χ0n) is 15.4. The van der Waals surface area contributed by atoms with Crippen molar-refractivity contribution in [2.75, 3.05) is 6.54 Å². The molecule has 154 valence electrons. The normalized spacial score (nSPS) is 20.1. The molecular formula is C18H20F3N7O. The summed E-state index contributed by atoms with van der Waals surface area (Å²) >= 11 is 0. The molecule has 1 aliphatic carbocycles. The van der Waals surface area contributed by atoms with Gasteiger partial charge in [0.15, 0.2) is 5.82 Å². The summed E-state index contributed by atoms with van der Waals surface area (Å²) in [5.41, 5.74) is 0.732. The number of carbonyl (C=O) groups is 1. The number of nitrogens with zero attached hydrogens (tertiary/aromatic N) is 5. The van der Waals surface area contributed by atoms with E-state index in [1.54, 1.807) is 40.1 Å². The Balaban J connectivity index is 1.41. The number of hydrogen-bond donors (Lipinski definition) is 2. The van der Waals surface area contributed by atoms with Crippen LogP contribution >= 0.6 is 0 Å². The number of fused-ring (bicyclic) bond motifs is 1. The van der Waals surface area contributed by atoms with E-state index in [1.807, 2.05) is 6.07 Å². The molecule has 3 aromatic rings. The molecule has 0 aromatic carbocycles. The van der Waals surface area contributed by atoms with Crippen LogP contribution in [0.2, 0.25) is 0 Å². The zero-order valence-corrected chi connectivity index (χ0v) is 15.4. The Morgan fingerprint density at radius 2 is 1.93 bits per heavy atom. The monoisotopic (exact) mass is 407 g/mol. The van der Waals surface area contributed by atoms with Crippen LogP contribution in [0, 0.1) is 0 Å². The fourth-order valence-corrected chi connectivity index (χ4v) is 3.54. The summed E-state index contributed by atoms with van der Waals surface area (Å²) in [7, 11) is 0. The molecule has 0 saturated heterocycles. The first-order chi connectivity index (χ1) is 13.9. The molecule has 8 nitrogen and oxygen atoms in total. The Morgan fingerprint density at radius 3 is 2.62 bits per heavy atom. The lowest BCUT2D eigenvalue weighted by atomic mass is 9.91. The summed E-state index contributed by atoms with van der Waals surface area (Å²) in [6.07, 6.45) is 4.78. The smallest absolute Gasteiger partial charge is 0.347 e. The summed E-state index contributed by atoms with van der Waals surface area (Å²) < 4.78 is 40.3. The molecule has 0 aliphatic heterocycles. The lowest BCUT2D eigenvalue weighted by Crippen LogP contribution is -2.44. The van der Waals surface area contributed by atoms with E-state index in [-0.39, 0.29) is 17.9 Å². The van der Waals surface area contributed by atoms with Gasteiger partial charge in [0.1, 0.15) is 11.8 Å². The Morgan fingerprint density at radius 1 is 1.17 bits per heavy atom. The van der Waals surface area contributed by atoms with Gasteiger partial charge in [-0.3, -0.25) is 9.36 Å². The van der Waals surface area contributed by atoms with E-state index in [0.29, 0.717) is 31.5 Å². The van der Waals surface area contributed by atoms with Crippen molar-refractivity contribution in [1.82, 2.24) is 34.8 Å². The predicted molar refractivity (Wildman–Crippen MR) is 97.7 cm³/mol. The fourth-order valence-electron chi connectivity index (χ4n) is 3.54. The van der Waals surface area contributed by atoms with Crippen molar-refractivity contribution in [3.05, 3.63) is 42.9 Å². The van der Waals surface area contributed by atoms with E-state index in [1.165, 1.54) is 0 Å². The maximum atomic E-state index is 12.7. The van der Waals surface area contributed by atoms with Crippen LogP contribution in [0.25, 0.3) is 11.3 Å². The van der Waals surface area contributed by atoms with Crippen LogP contribution in [0.5, 0.6) is 0 Å². The molecule has 3 aromatic heterocycles. The lowest BCUT2D eigenvalue weighted by molar-refractivity contribution is -0.126. The van der Waals surface area contributed by atoms with Crippen LogP contribution in [-0.2, 0) is 0 Å². The maximum absolute atomic E-state index is 12.7.